The van der Waals surface area contributed by atoms with Gasteiger partial charge >= 0.3 is 0 Å². The molecular formula is C10H13Cl2N. The molecule has 0 saturated carbocycles. The van der Waals surface area contributed by atoms with Crippen LogP contribution in [0.4, 0.5) is 5.69 Å². The summed E-state index contributed by atoms with van der Waals surface area (Å²) in [6, 6.07) is 4.10. The molecule has 1 N–H and O–H groups in total. The van der Waals surface area contributed by atoms with E-state index in [1.807, 2.05) is 13.0 Å². The molecule has 0 aromatic heterocycles. The van der Waals surface area contributed by atoms with Gasteiger partial charge in [-0.25, -0.2) is 0 Å². The molecule has 0 saturated heterocycles. The Morgan fingerprint density at radius 2 is 1.77 bits per heavy atom. The molecule has 1 aromatic rings. The fourth-order valence-corrected chi connectivity index (χ4v) is 1.52. The van der Waals surface area contributed by atoms with E-state index in [0.29, 0.717) is 16.1 Å². The monoisotopic (exact) mass is 217 g/mol. The van der Waals surface area contributed by atoms with E-state index in [2.05, 4.69) is 19.2 Å². The van der Waals surface area contributed by atoms with Crippen LogP contribution in [-0.4, -0.2) is 6.04 Å². The van der Waals surface area contributed by atoms with Gasteiger partial charge in [-0.1, -0.05) is 23.2 Å². The lowest BCUT2D eigenvalue weighted by molar-refractivity contribution is 0.899. The molecule has 0 aliphatic rings. The lowest BCUT2D eigenvalue weighted by Gasteiger charge is -2.12. The van der Waals surface area contributed by atoms with Crippen molar-refractivity contribution in [1.29, 1.82) is 0 Å². The minimum absolute atomic E-state index is 0.373. The molecule has 1 rings (SSSR count). The van der Waals surface area contributed by atoms with Crippen molar-refractivity contribution < 1.29 is 0 Å². The summed E-state index contributed by atoms with van der Waals surface area (Å²) in [6.07, 6.45) is 0. The van der Waals surface area contributed by atoms with Gasteiger partial charge in [-0.05, 0) is 38.5 Å². The Kier molecular flexibility index (Phi) is 3.46. The fraction of sp³-hybridized carbons (Fsp3) is 0.400. The molecule has 72 valence electrons. The van der Waals surface area contributed by atoms with Gasteiger partial charge in [0.05, 0.1) is 10.7 Å². The van der Waals surface area contributed by atoms with Crippen LogP contribution >= 0.6 is 23.2 Å². The Bertz CT molecular complexity index is 308. The summed E-state index contributed by atoms with van der Waals surface area (Å²) >= 11 is 11.9. The van der Waals surface area contributed by atoms with Gasteiger partial charge in [-0.2, -0.15) is 0 Å². The minimum Gasteiger partial charge on any atom is -0.382 e. The first-order valence-corrected chi connectivity index (χ1v) is 4.98. The van der Waals surface area contributed by atoms with Crippen LogP contribution in [-0.2, 0) is 0 Å². The quantitative estimate of drug-likeness (QED) is 0.787. The topological polar surface area (TPSA) is 12.0 Å². The third-order valence-electron chi connectivity index (χ3n) is 1.69. The Morgan fingerprint density at radius 3 is 2.31 bits per heavy atom. The zero-order chi connectivity index (χ0) is 10.0. The second kappa shape index (κ2) is 4.21. The second-order valence-corrected chi connectivity index (χ2v) is 4.19. The second-order valence-electron chi connectivity index (χ2n) is 3.38. The van der Waals surface area contributed by atoms with E-state index < -0.39 is 0 Å². The normalized spacial score (nSPS) is 10.6. The van der Waals surface area contributed by atoms with Crippen molar-refractivity contribution in [2.75, 3.05) is 5.32 Å². The molecule has 0 amide bonds. The molecule has 13 heavy (non-hydrogen) atoms. The van der Waals surface area contributed by atoms with Gasteiger partial charge in [0.25, 0.3) is 0 Å². The highest BCUT2D eigenvalue weighted by molar-refractivity contribution is 6.36. The van der Waals surface area contributed by atoms with Crippen molar-refractivity contribution in [3.8, 4) is 0 Å². The Labute approximate surface area is 89.0 Å². The van der Waals surface area contributed by atoms with Crippen LogP contribution in [0.5, 0.6) is 0 Å². The number of nitrogens with one attached hydrogen (secondary N) is 1. The van der Waals surface area contributed by atoms with E-state index in [4.69, 9.17) is 23.2 Å². The maximum absolute atomic E-state index is 6.00. The maximum Gasteiger partial charge on any atom is 0.0652 e. The molecule has 1 aromatic carbocycles. The summed E-state index contributed by atoms with van der Waals surface area (Å²) in [5.41, 5.74) is 1.98. The maximum atomic E-state index is 6.00. The third-order valence-corrected chi connectivity index (χ3v) is 2.41. The van der Waals surface area contributed by atoms with Crippen molar-refractivity contribution >= 4 is 28.9 Å². The summed E-state index contributed by atoms with van der Waals surface area (Å²) in [4.78, 5) is 0. The highest BCUT2D eigenvalue weighted by Gasteiger charge is 2.04. The van der Waals surface area contributed by atoms with E-state index in [0.717, 1.165) is 11.3 Å². The van der Waals surface area contributed by atoms with Crippen LogP contribution in [0.25, 0.3) is 0 Å². The number of benzene rings is 1. The van der Waals surface area contributed by atoms with Gasteiger partial charge in [-0.3, -0.25) is 0 Å². The van der Waals surface area contributed by atoms with Crippen LogP contribution in [0.15, 0.2) is 12.1 Å². The van der Waals surface area contributed by atoms with Gasteiger partial charge in [-0.15, -0.1) is 0 Å². The summed E-state index contributed by atoms with van der Waals surface area (Å²) < 4.78 is 0. The predicted molar refractivity (Wildman–Crippen MR) is 60.0 cm³/mol. The third kappa shape index (κ3) is 2.78. The lowest BCUT2D eigenvalue weighted by Crippen LogP contribution is -2.10. The van der Waals surface area contributed by atoms with Crippen molar-refractivity contribution in [1.82, 2.24) is 0 Å². The average Bonchev–Trinajstić information content (AvgIpc) is 1.99. The highest BCUT2D eigenvalue weighted by atomic mass is 35.5. The Morgan fingerprint density at radius 1 is 1.15 bits per heavy atom. The van der Waals surface area contributed by atoms with E-state index in [1.165, 1.54) is 0 Å². The van der Waals surface area contributed by atoms with Crippen LogP contribution in [0.1, 0.15) is 19.4 Å². The van der Waals surface area contributed by atoms with E-state index in [-0.39, 0.29) is 0 Å². The smallest absolute Gasteiger partial charge is 0.0652 e. The first kappa shape index (κ1) is 10.7. The standard InChI is InChI=1S/C10H13Cl2N/c1-6(2)13-10-4-7(3)8(11)5-9(10)12/h4-6,13H,1-3H3. The lowest BCUT2D eigenvalue weighted by atomic mass is 10.2. The van der Waals surface area contributed by atoms with Gasteiger partial charge in [0, 0.05) is 11.1 Å². The highest BCUT2D eigenvalue weighted by Crippen LogP contribution is 2.28. The molecular weight excluding hydrogens is 205 g/mol. The zero-order valence-electron chi connectivity index (χ0n) is 7.99. The van der Waals surface area contributed by atoms with Gasteiger partial charge < -0.3 is 5.32 Å². The van der Waals surface area contributed by atoms with Gasteiger partial charge in [0.15, 0.2) is 0 Å². The van der Waals surface area contributed by atoms with E-state index >= 15 is 0 Å². The number of anilines is 1. The van der Waals surface area contributed by atoms with Crippen LogP contribution in [0.2, 0.25) is 10.0 Å². The summed E-state index contributed by atoms with van der Waals surface area (Å²) in [5.74, 6) is 0. The molecule has 1 nitrogen and oxygen atoms in total. The Hall–Kier alpha value is -0.400. The van der Waals surface area contributed by atoms with Crippen molar-refractivity contribution in [3.05, 3.63) is 27.7 Å². The number of rotatable bonds is 2. The number of aryl methyl sites for hydroxylation is 1. The van der Waals surface area contributed by atoms with Gasteiger partial charge in [0.2, 0.25) is 0 Å². The molecule has 0 aliphatic carbocycles. The molecule has 0 bridgehead atoms. The molecule has 0 atom stereocenters. The van der Waals surface area contributed by atoms with Crippen LogP contribution in [0.3, 0.4) is 0 Å². The molecule has 0 unspecified atom stereocenters. The van der Waals surface area contributed by atoms with E-state index in [1.54, 1.807) is 6.07 Å². The van der Waals surface area contributed by atoms with Gasteiger partial charge in [0.1, 0.15) is 0 Å². The molecule has 0 spiro atoms. The number of hydrogen-bond donors (Lipinski definition) is 1. The summed E-state index contributed by atoms with van der Waals surface area (Å²) in [5, 5.41) is 4.63. The summed E-state index contributed by atoms with van der Waals surface area (Å²) in [6.45, 7) is 6.10. The van der Waals surface area contributed by atoms with Crippen molar-refractivity contribution in [2.45, 2.75) is 26.8 Å². The van der Waals surface area contributed by atoms with Crippen LogP contribution in [0, 0.1) is 6.92 Å². The largest absolute Gasteiger partial charge is 0.382 e. The molecule has 3 heteroatoms. The minimum atomic E-state index is 0.373. The average molecular weight is 218 g/mol. The molecule has 0 fully saturated rings. The molecule has 0 radical (unpaired) electrons. The van der Waals surface area contributed by atoms with E-state index in [9.17, 15) is 0 Å². The van der Waals surface area contributed by atoms with Crippen molar-refractivity contribution in [2.24, 2.45) is 0 Å². The SMILES string of the molecule is Cc1cc(NC(C)C)c(Cl)cc1Cl. The molecule has 0 aliphatic heterocycles. The predicted octanol–water partition coefficient (Wildman–Crippen LogP) is 4.12. The fourth-order valence-electron chi connectivity index (χ4n) is 1.08. The van der Waals surface area contributed by atoms with Crippen molar-refractivity contribution in [3.63, 3.8) is 0 Å². The number of halogens is 2. The first-order chi connectivity index (χ1) is 6.00. The first-order valence-electron chi connectivity index (χ1n) is 4.23. The Balaban J connectivity index is 3.01. The summed E-state index contributed by atoms with van der Waals surface area (Å²) in [7, 11) is 0. The molecule has 0 heterocycles. The van der Waals surface area contributed by atoms with Crippen LogP contribution < -0.4 is 5.32 Å². The zero-order valence-corrected chi connectivity index (χ0v) is 9.50. The number of hydrogen-bond acceptors (Lipinski definition) is 1.